The summed E-state index contributed by atoms with van der Waals surface area (Å²) in [6.45, 7) is 0.395. The van der Waals surface area contributed by atoms with E-state index < -0.39 is 156 Å². The van der Waals surface area contributed by atoms with E-state index in [0.717, 1.165) is 18.0 Å². The highest BCUT2D eigenvalue weighted by Crippen LogP contribution is 2.31. The predicted molar refractivity (Wildman–Crippen MR) is 164 cm³/mol. The standard InChI is InChI=1S/C24BF20.C12H10F3N2/c26-5-1(6(27)14(35)21(42)13(5)34)25(2-7(28)15(36)22(43)16(37)8(2)29,3-9(30)17(38)23(44)18(39)10(3)31)4-11(32)19(40)24(45)20(41)12(4)33;13-12(14,15)11-9-17(7-6-16-11)8-10-4-2-1-3-5-10/h;1-7,9H,8H2/q-1;+1. The van der Waals surface area contributed by atoms with Crippen LogP contribution in [0.1, 0.15) is 11.3 Å². The van der Waals surface area contributed by atoms with E-state index in [1.807, 2.05) is 30.3 Å². The molecule has 0 saturated heterocycles. The first kappa shape index (κ1) is 46.7. The van der Waals surface area contributed by atoms with Gasteiger partial charge < -0.3 is 0 Å². The number of alkyl halides is 3. The van der Waals surface area contributed by atoms with E-state index in [-0.39, 0.29) is 0 Å². The molecule has 0 bridgehead atoms. The van der Waals surface area contributed by atoms with Gasteiger partial charge in [-0.05, 0) is 0 Å². The van der Waals surface area contributed by atoms with Crippen LogP contribution in [0.25, 0.3) is 0 Å². The number of hydrogen-bond acceptors (Lipinski definition) is 1. The van der Waals surface area contributed by atoms with Crippen LogP contribution in [-0.2, 0) is 12.7 Å². The summed E-state index contributed by atoms with van der Waals surface area (Å²) in [5, 5.41) is 0. The van der Waals surface area contributed by atoms with Crippen LogP contribution in [0, 0.1) is 116 Å². The second-order valence-electron chi connectivity index (χ2n) is 12.4. The fourth-order valence-electron chi connectivity index (χ4n) is 6.35. The average molecular weight is 918 g/mol. The number of hydrogen-bond donors (Lipinski definition) is 0. The summed E-state index contributed by atoms with van der Waals surface area (Å²) in [5.74, 6) is -71.4. The minimum absolute atomic E-state index is 0.395. The van der Waals surface area contributed by atoms with Gasteiger partial charge >= 0.3 is 6.18 Å². The highest BCUT2D eigenvalue weighted by Gasteiger charge is 2.52. The summed E-state index contributed by atoms with van der Waals surface area (Å²) in [5.41, 5.74) is -14.3. The van der Waals surface area contributed by atoms with E-state index >= 15 is 35.1 Å². The van der Waals surface area contributed by atoms with Crippen LogP contribution in [0.5, 0.6) is 0 Å². The van der Waals surface area contributed by atoms with Gasteiger partial charge in [-0.1, -0.05) is 30.3 Å². The molecule has 0 unspecified atom stereocenters. The quantitative estimate of drug-likeness (QED) is 0.0541. The van der Waals surface area contributed by atoms with E-state index in [0.29, 0.717) is 6.54 Å². The molecule has 1 heterocycles. The van der Waals surface area contributed by atoms with Crippen molar-refractivity contribution in [2.45, 2.75) is 12.7 Å². The third-order valence-corrected chi connectivity index (χ3v) is 8.97. The summed E-state index contributed by atoms with van der Waals surface area (Å²) in [7, 11) is 0. The SMILES string of the molecule is FC(F)(F)c1c[n+](Cc2ccccc2)ccn1.Fc1c(F)c(F)c([B-](c2c(F)c(F)c(F)c(F)c2F)(c2c(F)c(F)c(F)c(F)c2F)c2c(F)c(F)c(F)c(F)c2F)c(F)c1F. The summed E-state index contributed by atoms with van der Waals surface area (Å²) in [6.07, 6.45) is -7.94. The molecule has 0 aliphatic heterocycles. The molecule has 0 atom stereocenters. The lowest BCUT2D eigenvalue weighted by Gasteiger charge is -2.44. The van der Waals surface area contributed by atoms with Crippen LogP contribution >= 0.6 is 0 Å². The number of nitrogens with zero attached hydrogens (tertiary/aromatic N) is 2. The van der Waals surface area contributed by atoms with Crippen molar-refractivity contribution in [3.05, 3.63) is 177 Å². The second-order valence-corrected chi connectivity index (χ2v) is 12.4. The molecule has 0 fully saturated rings. The topological polar surface area (TPSA) is 16.8 Å². The first-order chi connectivity index (χ1) is 28.8. The van der Waals surface area contributed by atoms with Gasteiger partial charge in [0.15, 0.2) is 88.7 Å². The Kier molecular flexibility index (Phi) is 12.7. The molecule has 62 heavy (non-hydrogen) atoms. The maximum atomic E-state index is 15.4. The van der Waals surface area contributed by atoms with Gasteiger partial charge in [0.25, 0.3) is 0 Å². The van der Waals surface area contributed by atoms with Crippen molar-refractivity contribution in [1.82, 2.24) is 4.98 Å². The molecule has 328 valence electrons. The van der Waals surface area contributed by atoms with E-state index in [9.17, 15) is 65.9 Å². The zero-order chi connectivity index (χ0) is 46.7. The third-order valence-electron chi connectivity index (χ3n) is 8.97. The molecule has 2 nitrogen and oxygen atoms in total. The molecule has 0 aliphatic rings. The van der Waals surface area contributed by atoms with Gasteiger partial charge in [-0.25, -0.2) is 92.8 Å². The molecule has 0 radical (unpaired) electrons. The van der Waals surface area contributed by atoms with Gasteiger partial charge in [-0.3, -0.25) is 0 Å². The Hall–Kier alpha value is -6.37. The molecule has 26 heteroatoms. The Morgan fingerprint density at radius 3 is 0.903 bits per heavy atom. The molecule has 0 spiro atoms. The summed E-state index contributed by atoms with van der Waals surface area (Å²) < 4.78 is 333. The van der Waals surface area contributed by atoms with Gasteiger partial charge in [0, 0.05) is 5.56 Å². The number of benzene rings is 5. The summed E-state index contributed by atoms with van der Waals surface area (Å²) >= 11 is 0. The first-order valence-corrected chi connectivity index (χ1v) is 16.0. The third kappa shape index (κ3) is 7.41. The minimum Gasteiger partial charge on any atom is -0.240 e. The van der Waals surface area contributed by atoms with Crippen LogP contribution in [0.4, 0.5) is 101 Å². The second kappa shape index (κ2) is 16.8. The normalized spacial score (nSPS) is 11.9. The molecule has 6 rings (SSSR count). The van der Waals surface area contributed by atoms with Crippen LogP contribution in [0.15, 0.2) is 48.9 Å². The average Bonchev–Trinajstić information content (AvgIpc) is 3.24. The lowest BCUT2D eigenvalue weighted by Crippen LogP contribution is -2.81. The Labute approximate surface area is 328 Å². The molecule has 1 aromatic heterocycles. The summed E-state index contributed by atoms with van der Waals surface area (Å²) in [4.78, 5) is 3.31. The maximum absolute atomic E-state index is 15.4. The van der Waals surface area contributed by atoms with Crippen LogP contribution in [0.2, 0.25) is 0 Å². The van der Waals surface area contributed by atoms with Crippen molar-refractivity contribution in [1.29, 1.82) is 0 Å². The van der Waals surface area contributed by atoms with Crippen molar-refractivity contribution in [2.75, 3.05) is 0 Å². The van der Waals surface area contributed by atoms with Crippen LogP contribution in [0.3, 0.4) is 0 Å². The highest BCUT2D eigenvalue weighted by atomic mass is 19.4. The van der Waals surface area contributed by atoms with Gasteiger partial charge in [0.2, 0.25) is 5.69 Å². The highest BCUT2D eigenvalue weighted by molar-refractivity contribution is 7.20. The van der Waals surface area contributed by atoms with E-state index in [2.05, 4.69) is 4.98 Å². The van der Waals surface area contributed by atoms with Crippen molar-refractivity contribution in [3.63, 3.8) is 0 Å². The lowest BCUT2D eigenvalue weighted by molar-refractivity contribution is -0.689. The molecule has 0 aliphatic carbocycles. The molecule has 0 N–H and O–H groups in total. The Bertz CT molecular complexity index is 2380. The molecule has 5 aromatic carbocycles. The fraction of sp³-hybridized carbons (Fsp3) is 0.0556. The molecule has 6 aromatic rings. The van der Waals surface area contributed by atoms with Crippen LogP contribution in [-0.4, -0.2) is 11.1 Å². The molecule has 0 amide bonds. The zero-order valence-corrected chi connectivity index (χ0v) is 29.0. The van der Waals surface area contributed by atoms with E-state index in [1.54, 1.807) is 0 Å². The largest absolute Gasteiger partial charge is 0.439 e. The molecule has 0 saturated carbocycles. The lowest BCUT2D eigenvalue weighted by atomic mass is 9.12. The van der Waals surface area contributed by atoms with Gasteiger partial charge in [0.05, 0.1) is 6.20 Å². The van der Waals surface area contributed by atoms with Gasteiger partial charge in [-0.15, -0.1) is 21.9 Å². The van der Waals surface area contributed by atoms with E-state index in [4.69, 9.17) is 0 Å². The van der Waals surface area contributed by atoms with Gasteiger partial charge in [-0.2, -0.15) is 17.7 Å². The van der Waals surface area contributed by atoms with Crippen molar-refractivity contribution in [3.8, 4) is 0 Å². The molecular formula is C36H10BF23N2. The summed E-state index contributed by atoms with van der Waals surface area (Å²) in [6, 6.07) is 9.28. The predicted octanol–water partition coefficient (Wildman–Crippen LogP) is 8.28. The number of halogens is 23. The zero-order valence-electron chi connectivity index (χ0n) is 29.0. The van der Waals surface area contributed by atoms with E-state index in [1.165, 1.54) is 10.8 Å². The smallest absolute Gasteiger partial charge is 0.240 e. The Morgan fingerprint density at radius 1 is 0.387 bits per heavy atom. The first-order valence-electron chi connectivity index (χ1n) is 16.0. The van der Waals surface area contributed by atoms with Crippen molar-refractivity contribution >= 4 is 28.0 Å². The maximum Gasteiger partial charge on any atom is 0.439 e. The van der Waals surface area contributed by atoms with Crippen molar-refractivity contribution < 1.29 is 106 Å². The number of aromatic nitrogens is 2. The Morgan fingerprint density at radius 2 is 0.645 bits per heavy atom. The van der Waals surface area contributed by atoms with Crippen LogP contribution < -0.4 is 26.4 Å². The molecular weight excluding hydrogens is 908 g/mol. The minimum atomic E-state index is -7.22. The van der Waals surface area contributed by atoms with Gasteiger partial charge in [0.1, 0.15) is 52.7 Å². The number of rotatable bonds is 6. The van der Waals surface area contributed by atoms with Crippen molar-refractivity contribution in [2.24, 2.45) is 0 Å². The Balaban J connectivity index is 0.000000355. The fourth-order valence-corrected chi connectivity index (χ4v) is 6.35. The monoisotopic (exact) mass is 918 g/mol.